The normalized spacial score (nSPS) is 15.4. The molecule has 0 atom stereocenters. The minimum Gasteiger partial charge on any atom is -0.495 e. The molecule has 0 spiro atoms. The maximum Gasteiger partial charge on any atom is 0.142 e. The summed E-state index contributed by atoms with van der Waals surface area (Å²) in [4.78, 5) is 0. The van der Waals surface area contributed by atoms with Crippen molar-refractivity contribution in [2.24, 2.45) is 0 Å². The number of aromatic nitrogens is 1. The molecule has 0 bridgehead atoms. The lowest BCUT2D eigenvalue weighted by Gasteiger charge is -2.15. The van der Waals surface area contributed by atoms with Crippen LogP contribution in [-0.4, -0.2) is 17.7 Å². The third-order valence-corrected chi connectivity index (χ3v) is 4.80. The molecule has 0 aliphatic heterocycles. The van der Waals surface area contributed by atoms with Crippen LogP contribution in [0.15, 0.2) is 30.3 Å². The molecule has 1 N–H and O–H groups in total. The number of aryl methyl sites for hydroxylation is 1. The first-order valence-electron chi connectivity index (χ1n) is 8.25. The number of hydrogen-bond acceptors (Lipinski definition) is 2. The van der Waals surface area contributed by atoms with Gasteiger partial charge < -0.3 is 14.6 Å². The third-order valence-electron chi connectivity index (χ3n) is 4.80. The zero-order valence-electron chi connectivity index (χ0n) is 13.9. The Morgan fingerprint density at radius 1 is 1.18 bits per heavy atom. The molecule has 2 aromatic rings. The van der Waals surface area contributed by atoms with Crippen molar-refractivity contribution in [3.8, 4) is 11.4 Å². The number of ether oxygens (including phenoxy) is 1. The van der Waals surface area contributed by atoms with E-state index in [0.29, 0.717) is 6.04 Å². The van der Waals surface area contributed by atoms with E-state index in [4.69, 9.17) is 4.74 Å². The summed E-state index contributed by atoms with van der Waals surface area (Å²) >= 11 is 0. The van der Waals surface area contributed by atoms with Crippen LogP contribution in [0.25, 0.3) is 5.69 Å². The van der Waals surface area contributed by atoms with Gasteiger partial charge in [-0.25, -0.2) is 0 Å². The minimum atomic E-state index is 0.703. The van der Waals surface area contributed by atoms with E-state index in [0.717, 1.165) is 18.0 Å². The summed E-state index contributed by atoms with van der Waals surface area (Å²) in [6, 6.07) is 11.2. The lowest BCUT2D eigenvalue weighted by Crippen LogP contribution is -2.25. The summed E-state index contributed by atoms with van der Waals surface area (Å²) in [5.41, 5.74) is 5.06. The van der Waals surface area contributed by atoms with Crippen molar-refractivity contribution < 1.29 is 4.74 Å². The quantitative estimate of drug-likeness (QED) is 0.898. The molecule has 3 rings (SSSR count). The number of benzene rings is 1. The van der Waals surface area contributed by atoms with Gasteiger partial charge in [0, 0.05) is 24.0 Å². The van der Waals surface area contributed by atoms with Gasteiger partial charge >= 0.3 is 0 Å². The highest BCUT2D eigenvalue weighted by Crippen LogP contribution is 2.28. The van der Waals surface area contributed by atoms with Crippen LogP contribution in [0.5, 0.6) is 5.75 Å². The van der Waals surface area contributed by atoms with E-state index in [1.807, 2.05) is 12.1 Å². The van der Waals surface area contributed by atoms with Crippen LogP contribution in [0.3, 0.4) is 0 Å². The Kier molecular flexibility index (Phi) is 4.53. The lowest BCUT2D eigenvalue weighted by atomic mass is 10.2. The monoisotopic (exact) mass is 298 g/mol. The summed E-state index contributed by atoms with van der Waals surface area (Å²) in [5.74, 6) is 0.916. The molecule has 3 nitrogen and oxygen atoms in total. The molecular weight excluding hydrogens is 272 g/mol. The fourth-order valence-electron chi connectivity index (χ4n) is 3.58. The molecular formula is C19H26N2O. The van der Waals surface area contributed by atoms with Gasteiger partial charge in [-0.15, -0.1) is 0 Å². The summed E-state index contributed by atoms with van der Waals surface area (Å²) < 4.78 is 7.82. The fourth-order valence-corrected chi connectivity index (χ4v) is 3.58. The first-order valence-corrected chi connectivity index (χ1v) is 8.25. The van der Waals surface area contributed by atoms with Crippen molar-refractivity contribution in [3.63, 3.8) is 0 Å². The SMILES string of the molecule is COc1ccccc1-n1c(C)cc(CNC2CCCC2)c1C. The second-order valence-electron chi connectivity index (χ2n) is 6.27. The third kappa shape index (κ3) is 2.91. The number of rotatable bonds is 5. The maximum atomic E-state index is 5.52. The van der Waals surface area contributed by atoms with Crippen molar-refractivity contribution >= 4 is 0 Å². The van der Waals surface area contributed by atoms with Crippen molar-refractivity contribution in [2.45, 2.75) is 52.1 Å². The van der Waals surface area contributed by atoms with Gasteiger partial charge in [0.15, 0.2) is 0 Å². The number of hydrogen-bond donors (Lipinski definition) is 1. The van der Waals surface area contributed by atoms with Crippen LogP contribution in [0.2, 0.25) is 0 Å². The highest BCUT2D eigenvalue weighted by Gasteiger charge is 2.17. The Balaban J connectivity index is 1.86. The molecule has 3 heteroatoms. The van der Waals surface area contributed by atoms with Gasteiger partial charge in [0.1, 0.15) is 5.75 Å². The molecule has 22 heavy (non-hydrogen) atoms. The van der Waals surface area contributed by atoms with Crippen molar-refractivity contribution in [3.05, 3.63) is 47.3 Å². The van der Waals surface area contributed by atoms with E-state index in [-0.39, 0.29) is 0 Å². The Morgan fingerprint density at radius 3 is 2.64 bits per heavy atom. The molecule has 1 fully saturated rings. The van der Waals surface area contributed by atoms with Crippen LogP contribution in [0, 0.1) is 13.8 Å². The molecule has 1 aromatic heterocycles. The molecule has 1 aliphatic carbocycles. The van der Waals surface area contributed by atoms with Crippen molar-refractivity contribution in [1.82, 2.24) is 9.88 Å². The van der Waals surface area contributed by atoms with Crippen molar-refractivity contribution in [2.75, 3.05) is 7.11 Å². The van der Waals surface area contributed by atoms with E-state index in [2.05, 4.69) is 41.9 Å². The van der Waals surface area contributed by atoms with E-state index in [1.165, 1.54) is 42.6 Å². The molecule has 0 unspecified atom stereocenters. The summed E-state index contributed by atoms with van der Waals surface area (Å²) in [6.07, 6.45) is 5.40. The number of methoxy groups -OCH3 is 1. The Bertz CT molecular complexity index is 639. The van der Waals surface area contributed by atoms with Gasteiger partial charge in [-0.05, 0) is 50.5 Å². The zero-order chi connectivity index (χ0) is 15.5. The first-order chi connectivity index (χ1) is 10.7. The second kappa shape index (κ2) is 6.57. The molecule has 0 radical (unpaired) electrons. The van der Waals surface area contributed by atoms with Crippen LogP contribution < -0.4 is 10.1 Å². The van der Waals surface area contributed by atoms with Gasteiger partial charge in [0.05, 0.1) is 12.8 Å². The lowest BCUT2D eigenvalue weighted by molar-refractivity contribution is 0.412. The summed E-state index contributed by atoms with van der Waals surface area (Å²) in [7, 11) is 1.73. The number of nitrogens with zero attached hydrogens (tertiary/aromatic N) is 1. The van der Waals surface area contributed by atoms with Crippen LogP contribution in [-0.2, 0) is 6.54 Å². The number of para-hydroxylation sites is 2. The topological polar surface area (TPSA) is 26.2 Å². The molecule has 1 saturated carbocycles. The average Bonchev–Trinajstić information content (AvgIpc) is 3.14. The average molecular weight is 298 g/mol. The Morgan fingerprint density at radius 2 is 1.91 bits per heavy atom. The fraction of sp³-hybridized carbons (Fsp3) is 0.474. The smallest absolute Gasteiger partial charge is 0.142 e. The summed E-state index contributed by atoms with van der Waals surface area (Å²) in [5, 5.41) is 3.71. The van der Waals surface area contributed by atoms with Crippen LogP contribution >= 0.6 is 0 Å². The number of nitrogens with one attached hydrogen (secondary N) is 1. The zero-order valence-corrected chi connectivity index (χ0v) is 13.9. The van der Waals surface area contributed by atoms with Gasteiger partial charge in [-0.3, -0.25) is 0 Å². The summed E-state index contributed by atoms with van der Waals surface area (Å²) in [6.45, 7) is 5.32. The van der Waals surface area contributed by atoms with Gasteiger partial charge in [-0.1, -0.05) is 25.0 Å². The van der Waals surface area contributed by atoms with E-state index in [1.54, 1.807) is 7.11 Å². The predicted molar refractivity (Wildman–Crippen MR) is 90.9 cm³/mol. The highest BCUT2D eigenvalue weighted by atomic mass is 16.5. The molecule has 1 aliphatic rings. The van der Waals surface area contributed by atoms with Gasteiger partial charge in [0.25, 0.3) is 0 Å². The second-order valence-corrected chi connectivity index (χ2v) is 6.27. The standard InChI is InChI=1S/C19H26N2O/c1-14-12-16(13-20-17-8-4-5-9-17)15(2)21(14)18-10-6-7-11-19(18)22-3/h6-7,10-12,17,20H,4-5,8-9,13H2,1-3H3. The maximum absolute atomic E-state index is 5.52. The van der Waals surface area contributed by atoms with E-state index < -0.39 is 0 Å². The molecule has 0 saturated heterocycles. The molecule has 1 heterocycles. The van der Waals surface area contributed by atoms with Crippen LogP contribution in [0.1, 0.15) is 42.6 Å². The van der Waals surface area contributed by atoms with Gasteiger partial charge in [0.2, 0.25) is 0 Å². The largest absolute Gasteiger partial charge is 0.495 e. The highest BCUT2D eigenvalue weighted by molar-refractivity contribution is 5.50. The van der Waals surface area contributed by atoms with Crippen molar-refractivity contribution in [1.29, 1.82) is 0 Å². The molecule has 118 valence electrons. The van der Waals surface area contributed by atoms with Gasteiger partial charge in [-0.2, -0.15) is 0 Å². The molecule has 0 amide bonds. The van der Waals surface area contributed by atoms with E-state index >= 15 is 0 Å². The van der Waals surface area contributed by atoms with E-state index in [9.17, 15) is 0 Å². The van der Waals surface area contributed by atoms with Crippen LogP contribution in [0.4, 0.5) is 0 Å². The Hall–Kier alpha value is -1.74. The predicted octanol–water partition coefficient (Wildman–Crippen LogP) is 4.13. The first kappa shape index (κ1) is 15.2. The molecule has 1 aromatic carbocycles. The minimum absolute atomic E-state index is 0.703. The Labute approximate surface area is 133 Å².